The summed E-state index contributed by atoms with van der Waals surface area (Å²) in [5.74, 6) is 0.732. The Labute approximate surface area is 133 Å². The van der Waals surface area contributed by atoms with E-state index in [-0.39, 0.29) is 6.10 Å². The number of β-amino-alcohol motifs (C(OH)–C–C–N with tert-alkyl or cyclic N) is 1. The van der Waals surface area contributed by atoms with Crippen molar-refractivity contribution >= 4 is 11.2 Å². The first-order valence-electron chi connectivity index (χ1n) is 8.10. The molecule has 0 radical (unpaired) electrons. The number of likely N-dealkylation sites (tertiary alicyclic amines) is 1. The van der Waals surface area contributed by atoms with Gasteiger partial charge in [0.15, 0.2) is 11.2 Å². The van der Waals surface area contributed by atoms with Crippen molar-refractivity contribution in [3.8, 4) is 0 Å². The number of H-pyrrole nitrogens is 1. The fraction of sp³-hybridized carbons (Fsp3) is 0.667. The van der Waals surface area contributed by atoms with Gasteiger partial charge in [0.05, 0.1) is 12.6 Å². The van der Waals surface area contributed by atoms with E-state index in [4.69, 9.17) is 0 Å². The highest BCUT2D eigenvalue weighted by molar-refractivity contribution is 5.70. The van der Waals surface area contributed by atoms with Gasteiger partial charge in [0.2, 0.25) is 0 Å². The Morgan fingerprint density at radius 1 is 1.39 bits per heavy atom. The highest BCUT2D eigenvalue weighted by Crippen LogP contribution is 2.15. The third-order valence-corrected chi connectivity index (χ3v) is 4.45. The lowest BCUT2D eigenvalue weighted by Gasteiger charge is -2.13. The van der Waals surface area contributed by atoms with Crippen LogP contribution in [0, 0.1) is 0 Å². The number of hydrogen-bond donors (Lipinski definition) is 2. The zero-order valence-corrected chi connectivity index (χ0v) is 13.6. The molecule has 1 atom stereocenters. The van der Waals surface area contributed by atoms with E-state index in [2.05, 4.69) is 21.8 Å². The Kier molecular flexibility index (Phi) is 4.36. The van der Waals surface area contributed by atoms with Crippen molar-refractivity contribution in [3.63, 3.8) is 0 Å². The van der Waals surface area contributed by atoms with Crippen LogP contribution in [0.5, 0.6) is 0 Å². The Bertz CT molecular complexity index is 819. The summed E-state index contributed by atoms with van der Waals surface area (Å²) in [5, 5.41) is 9.64. The van der Waals surface area contributed by atoms with Gasteiger partial charge in [-0.05, 0) is 12.8 Å². The first-order valence-corrected chi connectivity index (χ1v) is 8.10. The highest BCUT2D eigenvalue weighted by Gasteiger charge is 2.23. The number of aromatic amines is 1. The minimum atomic E-state index is -0.405. The minimum absolute atomic E-state index is 0.296. The van der Waals surface area contributed by atoms with Crippen molar-refractivity contribution in [2.75, 3.05) is 13.1 Å². The van der Waals surface area contributed by atoms with Crippen LogP contribution in [-0.2, 0) is 20.1 Å². The van der Waals surface area contributed by atoms with Crippen LogP contribution in [0.3, 0.4) is 0 Å². The quantitative estimate of drug-likeness (QED) is 0.794. The standard InChI is InChI=1S/C15H23N5O3/c1-3-4-6-20-13-12(14(22)17-15(20)23)18(2)11(16-13)9-19-7-5-10(21)8-19/h10,21H,3-9H2,1-2H3,(H,17,22,23)/t10-/m0/s1. The van der Waals surface area contributed by atoms with Crippen LogP contribution >= 0.6 is 0 Å². The first kappa shape index (κ1) is 15.9. The number of aliphatic hydroxyl groups excluding tert-OH is 1. The predicted octanol–water partition coefficient (Wildman–Crippen LogP) is -0.210. The second-order valence-electron chi connectivity index (χ2n) is 6.20. The van der Waals surface area contributed by atoms with Crippen molar-refractivity contribution in [3.05, 3.63) is 26.7 Å². The number of hydrogen-bond acceptors (Lipinski definition) is 5. The summed E-state index contributed by atoms with van der Waals surface area (Å²) < 4.78 is 3.29. The van der Waals surface area contributed by atoms with Gasteiger partial charge < -0.3 is 9.67 Å². The number of unbranched alkanes of at least 4 members (excludes halogenated alkanes) is 1. The zero-order valence-electron chi connectivity index (χ0n) is 13.6. The molecule has 8 heteroatoms. The molecular weight excluding hydrogens is 298 g/mol. The van der Waals surface area contributed by atoms with E-state index < -0.39 is 11.2 Å². The maximum Gasteiger partial charge on any atom is 0.330 e. The molecule has 0 saturated carbocycles. The molecule has 0 spiro atoms. The summed E-state index contributed by atoms with van der Waals surface area (Å²) in [4.78, 5) is 33.3. The zero-order chi connectivity index (χ0) is 16.6. The lowest BCUT2D eigenvalue weighted by Crippen LogP contribution is -2.31. The molecule has 1 fully saturated rings. The molecular formula is C15H23N5O3. The molecule has 0 unspecified atom stereocenters. The molecule has 126 valence electrons. The van der Waals surface area contributed by atoms with Gasteiger partial charge in [-0.3, -0.25) is 19.2 Å². The van der Waals surface area contributed by atoms with Gasteiger partial charge in [-0.25, -0.2) is 9.78 Å². The lowest BCUT2D eigenvalue weighted by atomic mass is 10.3. The normalized spacial score (nSPS) is 19.0. The van der Waals surface area contributed by atoms with E-state index in [1.165, 1.54) is 0 Å². The third-order valence-electron chi connectivity index (χ3n) is 4.45. The monoisotopic (exact) mass is 321 g/mol. The second kappa shape index (κ2) is 6.29. The number of aliphatic hydroxyl groups is 1. The smallest absolute Gasteiger partial charge is 0.330 e. The van der Waals surface area contributed by atoms with Crippen molar-refractivity contribution in [2.24, 2.45) is 7.05 Å². The van der Waals surface area contributed by atoms with Gasteiger partial charge in [-0.1, -0.05) is 13.3 Å². The Hall–Kier alpha value is -1.93. The van der Waals surface area contributed by atoms with Crippen LogP contribution in [0.1, 0.15) is 32.0 Å². The summed E-state index contributed by atoms with van der Waals surface area (Å²) in [6.45, 7) is 4.58. The van der Waals surface area contributed by atoms with Crippen LogP contribution in [0.4, 0.5) is 0 Å². The van der Waals surface area contributed by atoms with Gasteiger partial charge in [0.1, 0.15) is 5.82 Å². The van der Waals surface area contributed by atoms with Crippen molar-refractivity contribution in [1.29, 1.82) is 0 Å². The fourth-order valence-corrected chi connectivity index (χ4v) is 3.11. The Morgan fingerprint density at radius 2 is 2.17 bits per heavy atom. The molecule has 1 saturated heterocycles. The summed E-state index contributed by atoms with van der Waals surface area (Å²) in [6, 6.07) is 0. The summed E-state index contributed by atoms with van der Waals surface area (Å²) >= 11 is 0. The van der Waals surface area contributed by atoms with Gasteiger partial charge in [-0.15, -0.1) is 0 Å². The van der Waals surface area contributed by atoms with E-state index in [1.54, 1.807) is 16.2 Å². The summed E-state index contributed by atoms with van der Waals surface area (Å²) in [5.41, 5.74) is 0.0672. The first-order chi connectivity index (χ1) is 11.0. The number of aryl methyl sites for hydroxylation is 2. The molecule has 23 heavy (non-hydrogen) atoms. The van der Waals surface area contributed by atoms with Crippen molar-refractivity contribution < 1.29 is 5.11 Å². The van der Waals surface area contributed by atoms with Gasteiger partial charge >= 0.3 is 5.69 Å². The molecule has 2 aromatic rings. The molecule has 3 rings (SSSR count). The number of fused-ring (bicyclic) bond motifs is 1. The molecule has 1 aliphatic rings. The topological polar surface area (TPSA) is 96.2 Å². The molecule has 3 heterocycles. The second-order valence-corrected chi connectivity index (χ2v) is 6.20. The van der Waals surface area contributed by atoms with Gasteiger partial charge in [0.25, 0.3) is 5.56 Å². The molecule has 0 aromatic carbocycles. The average Bonchev–Trinajstić information content (AvgIpc) is 3.04. The van der Waals surface area contributed by atoms with E-state index in [1.807, 2.05) is 0 Å². The van der Waals surface area contributed by atoms with E-state index in [9.17, 15) is 14.7 Å². The van der Waals surface area contributed by atoms with Gasteiger partial charge in [-0.2, -0.15) is 0 Å². The van der Waals surface area contributed by atoms with Gasteiger partial charge in [0, 0.05) is 26.7 Å². The minimum Gasteiger partial charge on any atom is -0.392 e. The maximum absolute atomic E-state index is 12.2. The molecule has 0 amide bonds. The van der Waals surface area contributed by atoms with Crippen LogP contribution in [-0.4, -0.2) is 48.3 Å². The Balaban J connectivity index is 2.04. The molecule has 8 nitrogen and oxygen atoms in total. The van der Waals surface area contributed by atoms with Crippen LogP contribution < -0.4 is 11.2 Å². The maximum atomic E-state index is 12.2. The van der Waals surface area contributed by atoms with Crippen LogP contribution in [0.15, 0.2) is 9.59 Å². The average molecular weight is 321 g/mol. The fourth-order valence-electron chi connectivity index (χ4n) is 3.11. The SMILES string of the molecule is CCCCn1c(=O)[nH]c(=O)c2c1nc(CN1CC[C@H](O)C1)n2C. The molecule has 1 aliphatic heterocycles. The van der Waals surface area contributed by atoms with Crippen molar-refractivity contribution in [1.82, 2.24) is 24.0 Å². The molecule has 0 aliphatic carbocycles. The number of rotatable bonds is 5. The Morgan fingerprint density at radius 3 is 2.83 bits per heavy atom. The number of nitrogens with one attached hydrogen (secondary N) is 1. The molecule has 2 N–H and O–H groups in total. The highest BCUT2D eigenvalue weighted by atomic mass is 16.3. The largest absolute Gasteiger partial charge is 0.392 e. The molecule has 2 aromatic heterocycles. The predicted molar refractivity (Wildman–Crippen MR) is 86.4 cm³/mol. The summed E-state index contributed by atoms with van der Waals surface area (Å²) in [6.07, 6.45) is 2.27. The number of nitrogens with zero attached hydrogens (tertiary/aromatic N) is 4. The van der Waals surface area contributed by atoms with E-state index >= 15 is 0 Å². The number of aromatic nitrogens is 4. The van der Waals surface area contributed by atoms with Crippen molar-refractivity contribution in [2.45, 2.75) is 45.4 Å². The van der Waals surface area contributed by atoms with E-state index in [0.29, 0.717) is 30.8 Å². The third kappa shape index (κ3) is 2.96. The number of imidazole rings is 1. The van der Waals surface area contributed by atoms with Crippen LogP contribution in [0.2, 0.25) is 0 Å². The van der Waals surface area contributed by atoms with Crippen LogP contribution in [0.25, 0.3) is 11.2 Å². The lowest BCUT2D eigenvalue weighted by molar-refractivity contribution is 0.173. The van der Waals surface area contributed by atoms with E-state index in [0.717, 1.165) is 31.6 Å². The summed E-state index contributed by atoms with van der Waals surface area (Å²) in [7, 11) is 1.79. The molecule has 0 bridgehead atoms.